The number of nitrogens with one attached hydrogen (secondary N) is 1. The first-order valence-electron chi connectivity index (χ1n) is 5.93. The highest BCUT2D eigenvalue weighted by atomic mass is 19.3. The zero-order valence-corrected chi connectivity index (χ0v) is 10.3. The number of nitrogen functional groups attached to an aromatic ring is 1. The zero-order valence-electron chi connectivity index (χ0n) is 10.3. The quantitative estimate of drug-likeness (QED) is 0.505. The van der Waals surface area contributed by atoms with Gasteiger partial charge in [-0.15, -0.1) is 0 Å². The van der Waals surface area contributed by atoms with Crippen LogP contribution >= 0.6 is 0 Å². The summed E-state index contributed by atoms with van der Waals surface area (Å²) in [4.78, 5) is 0. The predicted octanol–water partition coefficient (Wildman–Crippen LogP) is 2.58. The fourth-order valence-corrected chi connectivity index (χ4v) is 1.54. The Balaban J connectivity index is 2.61. The Morgan fingerprint density at radius 2 is 2.00 bits per heavy atom. The molecule has 1 aromatic carbocycles. The van der Waals surface area contributed by atoms with Gasteiger partial charge in [0.25, 0.3) is 0 Å². The van der Waals surface area contributed by atoms with Crippen LogP contribution in [0.3, 0.4) is 0 Å². The molecule has 0 fully saturated rings. The normalized spacial score (nSPS) is 10.8. The van der Waals surface area contributed by atoms with Crippen molar-refractivity contribution in [3.8, 4) is 5.75 Å². The van der Waals surface area contributed by atoms with E-state index in [0.717, 1.165) is 25.0 Å². The van der Waals surface area contributed by atoms with Gasteiger partial charge in [0.2, 0.25) is 0 Å². The van der Waals surface area contributed by atoms with Gasteiger partial charge < -0.3 is 20.9 Å². The van der Waals surface area contributed by atoms with Crippen LogP contribution in [0.25, 0.3) is 0 Å². The molecule has 0 radical (unpaired) electrons. The van der Waals surface area contributed by atoms with Crippen molar-refractivity contribution in [3.63, 3.8) is 0 Å². The maximum absolute atomic E-state index is 13.3. The van der Waals surface area contributed by atoms with Crippen LogP contribution in [0.15, 0.2) is 12.1 Å². The van der Waals surface area contributed by atoms with Gasteiger partial charge in [-0.2, -0.15) is 8.78 Å². The van der Waals surface area contributed by atoms with Gasteiger partial charge in [-0.05, 0) is 19.3 Å². The zero-order chi connectivity index (χ0) is 14.3. The van der Waals surface area contributed by atoms with Gasteiger partial charge >= 0.3 is 6.61 Å². The van der Waals surface area contributed by atoms with E-state index in [0.29, 0.717) is 18.7 Å². The van der Waals surface area contributed by atoms with Crippen molar-refractivity contribution in [1.82, 2.24) is 0 Å². The molecule has 0 saturated carbocycles. The van der Waals surface area contributed by atoms with E-state index >= 15 is 0 Å². The molecular formula is C12H17F3N2O2. The fourth-order valence-electron chi connectivity index (χ4n) is 1.54. The van der Waals surface area contributed by atoms with E-state index in [9.17, 15) is 13.2 Å². The molecule has 19 heavy (non-hydrogen) atoms. The summed E-state index contributed by atoms with van der Waals surface area (Å²) in [5.41, 5.74) is 6.05. The lowest BCUT2D eigenvalue weighted by molar-refractivity contribution is -0.0521. The third-order valence-electron chi connectivity index (χ3n) is 2.47. The van der Waals surface area contributed by atoms with Gasteiger partial charge in [0.15, 0.2) is 11.6 Å². The van der Waals surface area contributed by atoms with E-state index in [4.69, 9.17) is 10.8 Å². The highest BCUT2D eigenvalue weighted by Gasteiger charge is 2.13. The molecule has 7 heteroatoms. The number of anilines is 2. The predicted molar refractivity (Wildman–Crippen MR) is 66.9 cm³/mol. The van der Waals surface area contributed by atoms with Crippen molar-refractivity contribution in [1.29, 1.82) is 0 Å². The van der Waals surface area contributed by atoms with Crippen molar-refractivity contribution >= 4 is 11.4 Å². The van der Waals surface area contributed by atoms with Crippen molar-refractivity contribution in [2.45, 2.75) is 25.9 Å². The summed E-state index contributed by atoms with van der Waals surface area (Å²) in [7, 11) is 0. The largest absolute Gasteiger partial charge is 0.432 e. The standard InChI is InChI=1S/C12H17F3N2O2/c13-8-6-9(16)10(7-11(8)19-12(14)15)17-4-2-1-3-5-18/h6-7,12,17-18H,1-5,16H2. The number of nitrogens with two attached hydrogens (primary N) is 1. The smallest absolute Gasteiger partial charge is 0.387 e. The first-order valence-corrected chi connectivity index (χ1v) is 5.93. The van der Waals surface area contributed by atoms with Gasteiger partial charge in [-0.3, -0.25) is 0 Å². The summed E-state index contributed by atoms with van der Waals surface area (Å²) < 4.78 is 41.5. The molecule has 0 saturated heterocycles. The second-order valence-electron chi connectivity index (χ2n) is 3.96. The van der Waals surface area contributed by atoms with Gasteiger partial charge in [-0.1, -0.05) is 0 Å². The summed E-state index contributed by atoms with van der Waals surface area (Å²) in [6.07, 6.45) is 2.30. The second-order valence-corrected chi connectivity index (χ2v) is 3.96. The molecule has 0 amide bonds. The Labute approximate surface area is 109 Å². The molecule has 0 bridgehead atoms. The molecule has 0 atom stereocenters. The number of alkyl halides is 2. The van der Waals surface area contributed by atoms with Crippen LogP contribution < -0.4 is 15.8 Å². The molecule has 4 nitrogen and oxygen atoms in total. The van der Waals surface area contributed by atoms with Crippen LogP contribution in [-0.4, -0.2) is 24.9 Å². The summed E-state index contributed by atoms with van der Waals surface area (Å²) in [6, 6.07) is 2.05. The van der Waals surface area contributed by atoms with E-state index in [1.807, 2.05) is 0 Å². The number of ether oxygens (including phenoxy) is 1. The molecule has 0 spiro atoms. The summed E-state index contributed by atoms with van der Waals surface area (Å²) in [5, 5.41) is 11.5. The molecule has 0 aliphatic rings. The molecule has 1 rings (SSSR count). The van der Waals surface area contributed by atoms with Crippen LogP contribution in [0.4, 0.5) is 24.5 Å². The minimum Gasteiger partial charge on any atom is -0.432 e. The van der Waals surface area contributed by atoms with Gasteiger partial charge in [-0.25, -0.2) is 4.39 Å². The lowest BCUT2D eigenvalue weighted by Gasteiger charge is -2.12. The molecule has 0 aliphatic heterocycles. The van der Waals surface area contributed by atoms with Crippen molar-refractivity contribution < 1.29 is 23.0 Å². The number of aliphatic hydroxyl groups is 1. The highest BCUT2D eigenvalue weighted by Crippen LogP contribution is 2.29. The maximum Gasteiger partial charge on any atom is 0.387 e. The van der Waals surface area contributed by atoms with Gasteiger partial charge in [0.05, 0.1) is 11.4 Å². The number of aliphatic hydroxyl groups excluding tert-OH is 1. The van der Waals surface area contributed by atoms with E-state index < -0.39 is 18.2 Å². The fraction of sp³-hybridized carbons (Fsp3) is 0.500. The third kappa shape index (κ3) is 5.25. The highest BCUT2D eigenvalue weighted by molar-refractivity contribution is 5.68. The Morgan fingerprint density at radius 3 is 2.63 bits per heavy atom. The lowest BCUT2D eigenvalue weighted by atomic mass is 10.2. The van der Waals surface area contributed by atoms with E-state index in [2.05, 4.69) is 10.1 Å². The number of unbranched alkanes of at least 4 members (excludes halogenated alkanes) is 2. The van der Waals surface area contributed by atoms with Crippen LogP contribution in [-0.2, 0) is 0 Å². The summed E-state index contributed by atoms with van der Waals surface area (Å²) in [6.45, 7) is -2.41. The Bertz CT molecular complexity index is 403. The second kappa shape index (κ2) is 7.73. The number of rotatable bonds is 8. The molecule has 0 aliphatic carbocycles. The van der Waals surface area contributed by atoms with E-state index in [1.165, 1.54) is 0 Å². The monoisotopic (exact) mass is 278 g/mol. The van der Waals surface area contributed by atoms with Crippen molar-refractivity contribution in [2.75, 3.05) is 24.2 Å². The Hall–Kier alpha value is -1.63. The summed E-state index contributed by atoms with van der Waals surface area (Å²) in [5.74, 6) is -1.47. The van der Waals surface area contributed by atoms with Crippen LogP contribution in [0.5, 0.6) is 5.75 Å². The topological polar surface area (TPSA) is 67.5 Å². The van der Waals surface area contributed by atoms with Gasteiger partial charge in [0.1, 0.15) is 0 Å². The SMILES string of the molecule is Nc1cc(F)c(OC(F)F)cc1NCCCCCO. The molecular weight excluding hydrogens is 261 g/mol. The van der Waals surface area contributed by atoms with Crippen molar-refractivity contribution in [2.24, 2.45) is 0 Å². The Kier molecular flexibility index (Phi) is 6.27. The molecule has 4 N–H and O–H groups in total. The minimum atomic E-state index is -3.09. The number of hydrogen-bond donors (Lipinski definition) is 3. The molecule has 0 aromatic heterocycles. The molecule has 108 valence electrons. The lowest BCUT2D eigenvalue weighted by Crippen LogP contribution is -2.08. The van der Waals surface area contributed by atoms with E-state index in [-0.39, 0.29) is 12.3 Å². The minimum absolute atomic E-state index is 0.126. The van der Waals surface area contributed by atoms with Crippen LogP contribution in [0.1, 0.15) is 19.3 Å². The Morgan fingerprint density at radius 1 is 1.26 bits per heavy atom. The maximum atomic E-state index is 13.3. The number of halogens is 3. The van der Waals surface area contributed by atoms with E-state index in [1.54, 1.807) is 0 Å². The summed E-state index contributed by atoms with van der Waals surface area (Å²) >= 11 is 0. The molecule has 0 heterocycles. The van der Waals surface area contributed by atoms with Crippen molar-refractivity contribution in [3.05, 3.63) is 17.9 Å². The van der Waals surface area contributed by atoms with Crippen LogP contribution in [0.2, 0.25) is 0 Å². The average molecular weight is 278 g/mol. The number of benzene rings is 1. The van der Waals surface area contributed by atoms with Crippen LogP contribution in [0, 0.1) is 5.82 Å². The molecule has 1 aromatic rings. The molecule has 0 unspecified atom stereocenters. The third-order valence-corrected chi connectivity index (χ3v) is 2.47. The van der Waals surface area contributed by atoms with Gasteiger partial charge in [0, 0.05) is 25.3 Å². The first-order chi connectivity index (χ1) is 9.04. The first kappa shape index (κ1) is 15.4. The average Bonchev–Trinajstić information content (AvgIpc) is 2.33. The number of hydrogen-bond acceptors (Lipinski definition) is 4.